The van der Waals surface area contributed by atoms with E-state index in [4.69, 9.17) is 12.2 Å². The van der Waals surface area contributed by atoms with Gasteiger partial charge in [0.25, 0.3) is 5.91 Å². The molecule has 20 heavy (non-hydrogen) atoms. The highest BCUT2D eigenvalue weighted by atomic mass is 79.9. The molecule has 2 rings (SSSR count). The number of nitrogens with one attached hydrogen (secondary N) is 2. The van der Waals surface area contributed by atoms with Gasteiger partial charge in [0, 0.05) is 14.9 Å². The average Bonchev–Trinajstić information content (AvgIpc) is 2.92. The molecule has 0 bridgehead atoms. The van der Waals surface area contributed by atoms with Gasteiger partial charge in [0.2, 0.25) is 0 Å². The minimum Gasteiger partial charge on any atom is -0.357 e. The Hall–Kier alpha value is -1.24. The molecule has 0 aliphatic carbocycles. The van der Waals surface area contributed by atoms with Crippen LogP contribution in [-0.2, 0) is 6.54 Å². The number of thiocarbonyl (C=S) groups is 1. The van der Waals surface area contributed by atoms with Crippen LogP contribution in [-0.4, -0.2) is 11.0 Å². The van der Waals surface area contributed by atoms with Crippen molar-refractivity contribution in [3.8, 4) is 0 Å². The van der Waals surface area contributed by atoms with E-state index in [0.29, 0.717) is 17.2 Å². The van der Waals surface area contributed by atoms with E-state index in [1.54, 1.807) is 23.5 Å². The van der Waals surface area contributed by atoms with Crippen molar-refractivity contribution in [3.05, 3.63) is 56.2 Å². The lowest BCUT2D eigenvalue weighted by molar-refractivity contribution is 0.0976. The van der Waals surface area contributed by atoms with Gasteiger partial charge in [-0.05, 0) is 48.3 Å². The fourth-order valence-corrected chi connectivity index (χ4v) is 2.72. The number of carbonyl (C=O) groups is 1. The van der Waals surface area contributed by atoms with Crippen molar-refractivity contribution in [3.63, 3.8) is 0 Å². The summed E-state index contributed by atoms with van der Waals surface area (Å²) in [5.74, 6) is -0.214. The SMILES string of the molecule is Cc1ccc(C(=O)NC(=S)NCc2cccs2)cc1Br. The summed E-state index contributed by atoms with van der Waals surface area (Å²) < 4.78 is 0.905. The van der Waals surface area contributed by atoms with Crippen LogP contribution in [0.1, 0.15) is 20.8 Å². The molecule has 1 heterocycles. The molecule has 0 unspecified atom stereocenters. The van der Waals surface area contributed by atoms with Crippen LogP contribution in [0.4, 0.5) is 0 Å². The molecule has 0 aliphatic rings. The molecular formula is C14H13BrN2OS2. The Bertz CT molecular complexity index is 626. The van der Waals surface area contributed by atoms with Gasteiger partial charge >= 0.3 is 0 Å². The van der Waals surface area contributed by atoms with Crippen molar-refractivity contribution in [1.82, 2.24) is 10.6 Å². The molecule has 3 nitrogen and oxygen atoms in total. The molecule has 1 amide bonds. The summed E-state index contributed by atoms with van der Waals surface area (Å²) in [5, 5.41) is 8.02. The first-order valence-electron chi connectivity index (χ1n) is 5.94. The Balaban J connectivity index is 1.90. The van der Waals surface area contributed by atoms with Crippen LogP contribution < -0.4 is 10.6 Å². The number of aryl methyl sites for hydroxylation is 1. The summed E-state index contributed by atoms with van der Waals surface area (Å²) in [4.78, 5) is 13.2. The highest BCUT2D eigenvalue weighted by Gasteiger charge is 2.09. The Morgan fingerprint density at radius 3 is 2.85 bits per heavy atom. The van der Waals surface area contributed by atoms with E-state index in [1.807, 2.05) is 30.5 Å². The number of benzene rings is 1. The third kappa shape index (κ3) is 4.13. The fraction of sp³-hybridized carbons (Fsp3) is 0.143. The summed E-state index contributed by atoms with van der Waals surface area (Å²) in [5.41, 5.74) is 1.66. The molecule has 1 aromatic carbocycles. The van der Waals surface area contributed by atoms with E-state index >= 15 is 0 Å². The molecule has 0 fully saturated rings. The fourth-order valence-electron chi connectivity index (χ4n) is 1.53. The lowest BCUT2D eigenvalue weighted by Gasteiger charge is -2.09. The van der Waals surface area contributed by atoms with Gasteiger partial charge in [-0.3, -0.25) is 10.1 Å². The minimum absolute atomic E-state index is 0.214. The molecule has 1 aromatic heterocycles. The van der Waals surface area contributed by atoms with Gasteiger partial charge in [0.15, 0.2) is 5.11 Å². The van der Waals surface area contributed by atoms with Gasteiger partial charge in [0.05, 0.1) is 6.54 Å². The van der Waals surface area contributed by atoms with Crippen LogP contribution >= 0.6 is 39.5 Å². The van der Waals surface area contributed by atoms with Gasteiger partial charge in [-0.1, -0.05) is 28.1 Å². The second kappa shape index (κ2) is 6.97. The average molecular weight is 369 g/mol. The van der Waals surface area contributed by atoms with Gasteiger partial charge in [0.1, 0.15) is 0 Å². The number of halogens is 1. The predicted octanol–water partition coefficient (Wildman–Crippen LogP) is 3.62. The van der Waals surface area contributed by atoms with Crippen LogP contribution in [0.2, 0.25) is 0 Å². The summed E-state index contributed by atoms with van der Waals surface area (Å²) in [6.07, 6.45) is 0. The standard InChI is InChI=1S/C14H13BrN2OS2/c1-9-4-5-10(7-12(9)15)13(18)17-14(19)16-8-11-3-2-6-20-11/h2-7H,8H2,1H3,(H2,16,17,18,19). The summed E-state index contributed by atoms with van der Waals surface area (Å²) in [6.45, 7) is 2.59. The van der Waals surface area contributed by atoms with Crippen molar-refractivity contribution in [2.24, 2.45) is 0 Å². The molecule has 0 radical (unpaired) electrons. The van der Waals surface area contributed by atoms with Crippen molar-refractivity contribution < 1.29 is 4.79 Å². The molecule has 104 valence electrons. The molecule has 0 spiro atoms. The zero-order valence-electron chi connectivity index (χ0n) is 10.8. The van der Waals surface area contributed by atoms with E-state index in [-0.39, 0.29) is 5.91 Å². The predicted molar refractivity (Wildman–Crippen MR) is 90.1 cm³/mol. The van der Waals surface area contributed by atoms with E-state index in [9.17, 15) is 4.79 Å². The Labute approximate surface area is 135 Å². The zero-order chi connectivity index (χ0) is 14.5. The lowest BCUT2D eigenvalue weighted by atomic mass is 10.1. The topological polar surface area (TPSA) is 41.1 Å². The van der Waals surface area contributed by atoms with E-state index in [0.717, 1.165) is 10.0 Å². The first kappa shape index (κ1) is 15.2. The molecule has 6 heteroatoms. The first-order chi connectivity index (χ1) is 9.56. The second-order valence-corrected chi connectivity index (χ2v) is 6.47. The number of amides is 1. The normalized spacial score (nSPS) is 10.1. The molecular weight excluding hydrogens is 356 g/mol. The molecule has 0 atom stereocenters. The Kier molecular flexibility index (Phi) is 5.28. The molecule has 0 saturated heterocycles. The van der Waals surface area contributed by atoms with Crippen LogP contribution in [0.25, 0.3) is 0 Å². The quantitative estimate of drug-likeness (QED) is 0.812. The van der Waals surface area contributed by atoms with Crippen molar-refractivity contribution in [1.29, 1.82) is 0 Å². The van der Waals surface area contributed by atoms with Crippen molar-refractivity contribution in [2.45, 2.75) is 13.5 Å². The van der Waals surface area contributed by atoms with E-state index in [2.05, 4.69) is 26.6 Å². The van der Waals surface area contributed by atoms with Crippen LogP contribution in [0.3, 0.4) is 0 Å². The van der Waals surface area contributed by atoms with Gasteiger partial charge in [-0.2, -0.15) is 0 Å². The third-order valence-corrected chi connectivity index (χ3v) is 4.64. The molecule has 0 aliphatic heterocycles. The first-order valence-corrected chi connectivity index (χ1v) is 8.02. The maximum Gasteiger partial charge on any atom is 0.257 e. The van der Waals surface area contributed by atoms with Gasteiger partial charge in [-0.15, -0.1) is 11.3 Å². The van der Waals surface area contributed by atoms with Crippen LogP contribution in [0.5, 0.6) is 0 Å². The Morgan fingerprint density at radius 1 is 1.40 bits per heavy atom. The van der Waals surface area contributed by atoms with Gasteiger partial charge in [-0.25, -0.2) is 0 Å². The minimum atomic E-state index is -0.214. The van der Waals surface area contributed by atoms with Crippen LogP contribution in [0.15, 0.2) is 40.2 Å². The smallest absolute Gasteiger partial charge is 0.257 e. The number of hydrogen-bond acceptors (Lipinski definition) is 3. The molecule has 2 N–H and O–H groups in total. The number of rotatable bonds is 3. The summed E-state index contributed by atoms with van der Waals surface area (Å²) in [7, 11) is 0. The zero-order valence-corrected chi connectivity index (χ0v) is 14.0. The largest absolute Gasteiger partial charge is 0.357 e. The van der Waals surface area contributed by atoms with Crippen LogP contribution in [0, 0.1) is 6.92 Å². The van der Waals surface area contributed by atoms with Crippen molar-refractivity contribution in [2.75, 3.05) is 0 Å². The van der Waals surface area contributed by atoms with E-state index < -0.39 is 0 Å². The monoisotopic (exact) mass is 368 g/mol. The molecule has 2 aromatic rings. The second-order valence-electron chi connectivity index (χ2n) is 4.18. The third-order valence-electron chi connectivity index (χ3n) is 2.66. The number of hydrogen-bond donors (Lipinski definition) is 2. The Morgan fingerprint density at radius 2 is 2.20 bits per heavy atom. The van der Waals surface area contributed by atoms with E-state index in [1.165, 1.54) is 4.88 Å². The highest BCUT2D eigenvalue weighted by Crippen LogP contribution is 2.17. The number of thiophene rings is 1. The summed E-state index contributed by atoms with van der Waals surface area (Å²) in [6, 6.07) is 9.44. The molecule has 0 saturated carbocycles. The van der Waals surface area contributed by atoms with Gasteiger partial charge < -0.3 is 5.32 Å². The number of carbonyl (C=O) groups excluding carboxylic acids is 1. The lowest BCUT2D eigenvalue weighted by Crippen LogP contribution is -2.38. The highest BCUT2D eigenvalue weighted by molar-refractivity contribution is 9.10. The van der Waals surface area contributed by atoms with Crippen molar-refractivity contribution >= 4 is 50.5 Å². The summed E-state index contributed by atoms with van der Waals surface area (Å²) >= 11 is 10.2. The maximum absolute atomic E-state index is 12.0. The maximum atomic E-state index is 12.0.